The molecule has 0 saturated carbocycles. The zero-order valence-electron chi connectivity index (χ0n) is 8.45. The SMILES string of the molecule is FC(F)(F)c1ccccc1-c1cncc(=S)[nH]1. The normalized spacial score (nSPS) is 11.5. The first-order valence-corrected chi connectivity index (χ1v) is 5.10. The highest BCUT2D eigenvalue weighted by Crippen LogP contribution is 2.35. The van der Waals surface area contributed by atoms with Gasteiger partial charge in [-0.2, -0.15) is 13.2 Å². The molecule has 0 radical (unpaired) electrons. The minimum absolute atomic E-state index is 0.0409. The van der Waals surface area contributed by atoms with Gasteiger partial charge < -0.3 is 4.98 Å². The number of benzene rings is 1. The molecule has 1 N–H and O–H groups in total. The lowest BCUT2D eigenvalue weighted by Gasteiger charge is -2.12. The summed E-state index contributed by atoms with van der Waals surface area (Å²) in [6, 6.07) is 5.29. The van der Waals surface area contributed by atoms with E-state index in [9.17, 15) is 13.2 Å². The monoisotopic (exact) mass is 256 g/mol. The molecule has 1 aromatic heterocycles. The van der Waals surface area contributed by atoms with E-state index in [4.69, 9.17) is 12.2 Å². The summed E-state index contributed by atoms with van der Waals surface area (Å²) >= 11 is 4.84. The molecule has 6 heteroatoms. The predicted octanol–water partition coefficient (Wildman–Crippen LogP) is 3.82. The molecule has 0 fully saturated rings. The zero-order valence-corrected chi connectivity index (χ0v) is 9.27. The molecule has 0 bridgehead atoms. The smallest absolute Gasteiger partial charge is 0.344 e. The summed E-state index contributed by atoms with van der Waals surface area (Å²) in [4.78, 5) is 6.47. The lowest BCUT2D eigenvalue weighted by atomic mass is 10.0. The molecule has 88 valence electrons. The van der Waals surface area contributed by atoms with E-state index in [1.165, 1.54) is 30.6 Å². The number of hydrogen-bond acceptors (Lipinski definition) is 2. The maximum absolute atomic E-state index is 12.8. The second kappa shape index (κ2) is 4.29. The Morgan fingerprint density at radius 3 is 2.47 bits per heavy atom. The molecule has 0 atom stereocenters. The van der Waals surface area contributed by atoms with Crippen LogP contribution in [0.1, 0.15) is 5.56 Å². The molecule has 0 aliphatic heterocycles. The van der Waals surface area contributed by atoms with Gasteiger partial charge in [-0.25, -0.2) is 0 Å². The molecule has 2 rings (SSSR count). The first-order valence-electron chi connectivity index (χ1n) is 4.69. The van der Waals surface area contributed by atoms with Gasteiger partial charge >= 0.3 is 6.18 Å². The highest BCUT2D eigenvalue weighted by Gasteiger charge is 2.33. The second-order valence-electron chi connectivity index (χ2n) is 3.35. The number of halogens is 3. The summed E-state index contributed by atoms with van der Waals surface area (Å²) in [5.41, 5.74) is -0.414. The van der Waals surface area contributed by atoms with Crippen LogP contribution >= 0.6 is 12.2 Å². The Hall–Kier alpha value is -1.69. The van der Waals surface area contributed by atoms with E-state index in [0.717, 1.165) is 6.07 Å². The number of rotatable bonds is 1. The fraction of sp³-hybridized carbons (Fsp3) is 0.0909. The van der Waals surface area contributed by atoms with E-state index in [-0.39, 0.29) is 11.3 Å². The Morgan fingerprint density at radius 2 is 1.82 bits per heavy atom. The van der Waals surface area contributed by atoms with Gasteiger partial charge in [0.15, 0.2) is 0 Å². The van der Waals surface area contributed by atoms with Crippen LogP contribution in [0.5, 0.6) is 0 Å². The van der Waals surface area contributed by atoms with Crippen LogP contribution in [0.2, 0.25) is 0 Å². The van der Waals surface area contributed by atoms with Crippen LogP contribution in [0.3, 0.4) is 0 Å². The van der Waals surface area contributed by atoms with Crippen molar-refractivity contribution in [3.05, 3.63) is 46.9 Å². The lowest BCUT2D eigenvalue weighted by Crippen LogP contribution is -2.07. The van der Waals surface area contributed by atoms with Crippen molar-refractivity contribution in [1.29, 1.82) is 0 Å². The van der Waals surface area contributed by atoms with Gasteiger partial charge in [0.25, 0.3) is 0 Å². The van der Waals surface area contributed by atoms with E-state index < -0.39 is 11.7 Å². The standard InChI is InChI=1S/C11H7F3N2S/c12-11(13,14)8-4-2-1-3-7(8)9-5-15-6-10(17)16-9/h1-6H,(H,16,17). The number of hydrogen-bond donors (Lipinski definition) is 1. The first-order chi connectivity index (χ1) is 7.98. The van der Waals surface area contributed by atoms with Gasteiger partial charge in [-0.1, -0.05) is 30.4 Å². The predicted molar refractivity (Wildman–Crippen MR) is 59.9 cm³/mol. The number of aromatic amines is 1. The highest BCUT2D eigenvalue weighted by molar-refractivity contribution is 7.71. The van der Waals surface area contributed by atoms with Crippen molar-refractivity contribution >= 4 is 12.2 Å². The zero-order chi connectivity index (χ0) is 12.5. The second-order valence-corrected chi connectivity index (χ2v) is 3.79. The molecule has 0 spiro atoms. The fourth-order valence-electron chi connectivity index (χ4n) is 1.48. The summed E-state index contributed by atoms with van der Waals surface area (Å²) in [5, 5.41) is 0. The molecule has 1 aromatic carbocycles. The van der Waals surface area contributed by atoms with E-state index in [0.29, 0.717) is 4.64 Å². The average molecular weight is 256 g/mol. The summed E-state index contributed by atoms with van der Waals surface area (Å²) in [6.45, 7) is 0. The third-order valence-electron chi connectivity index (χ3n) is 2.18. The molecule has 1 heterocycles. The van der Waals surface area contributed by atoms with Crippen LogP contribution in [0.25, 0.3) is 11.3 Å². The molecule has 0 aliphatic rings. The van der Waals surface area contributed by atoms with Crippen LogP contribution in [0.15, 0.2) is 36.7 Å². The number of H-pyrrole nitrogens is 1. The van der Waals surface area contributed by atoms with Gasteiger partial charge in [-0.3, -0.25) is 4.98 Å². The van der Waals surface area contributed by atoms with Crippen molar-refractivity contribution in [2.45, 2.75) is 6.18 Å². The Bertz CT molecular complexity index is 590. The van der Waals surface area contributed by atoms with Crippen LogP contribution in [-0.4, -0.2) is 9.97 Å². The van der Waals surface area contributed by atoms with E-state index in [1.807, 2.05) is 0 Å². The van der Waals surface area contributed by atoms with Crippen LogP contribution in [0, 0.1) is 4.64 Å². The minimum atomic E-state index is -4.40. The summed E-state index contributed by atoms with van der Waals surface area (Å²) in [7, 11) is 0. The fourth-order valence-corrected chi connectivity index (χ4v) is 1.65. The van der Waals surface area contributed by atoms with Crippen molar-refractivity contribution in [1.82, 2.24) is 9.97 Å². The summed E-state index contributed by atoms with van der Waals surface area (Å²) in [5.74, 6) is 0. The Labute approximate surface area is 100 Å². The Balaban J connectivity index is 2.64. The summed E-state index contributed by atoms with van der Waals surface area (Å²) in [6.07, 6.45) is -1.71. The number of alkyl halides is 3. The van der Waals surface area contributed by atoms with Gasteiger partial charge in [-0.05, 0) is 6.07 Å². The molecule has 0 aliphatic carbocycles. The molecule has 17 heavy (non-hydrogen) atoms. The molecule has 0 saturated heterocycles. The van der Waals surface area contributed by atoms with Crippen molar-refractivity contribution in [3.8, 4) is 11.3 Å². The van der Waals surface area contributed by atoms with Gasteiger partial charge in [-0.15, -0.1) is 0 Å². The van der Waals surface area contributed by atoms with Crippen LogP contribution in [0.4, 0.5) is 13.2 Å². The third kappa shape index (κ3) is 2.52. The van der Waals surface area contributed by atoms with Crippen molar-refractivity contribution in [2.75, 3.05) is 0 Å². The van der Waals surface area contributed by atoms with Gasteiger partial charge in [0.2, 0.25) is 0 Å². The van der Waals surface area contributed by atoms with Crippen molar-refractivity contribution < 1.29 is 13.2 Å². The number of aromatic nitrogens is 2. The van der Waals surface area contributed by atoms with E-state index in [2.05, 4.69) is 9.97 Å². The van der Waals surface area contributed by atoms with Gasteiger partial charge in [0.05, 0.1) is 23.7 Å². The lowest BCUT2D eigenvalue weighted by molar-refractivity contribution is -0.137. The van der Waals surface area contributed by atoms with Gasteiger partial charge in [0, 0.05) is 5.56 Å². The van der Waals surface area contributed by atoms with Crippen LogP contribution < -0.4 is 0 Å². The first kappa shape index (κ1) is 11.8. The number of nitrogens with one attached hydrogen (secondary N) is 1. The Morgan fingerprint density at radius 1 is 1.12 bits per heavy atom. The molecule has 0 amide bonds. The molecule has 2 nitrogen and oxygen atoms in total. The maximum atomic E-state index is 12.8. The maximum Gasteiger partial charge on any atom is 0.417 e. The van der Waals surface area contributed by atoms with Crippen LogP contribution in [-0.2, 0) is 6.18 Å². The van der Waals surface area contributed by atoms with Crippen molar-refractivity contribution in [3.63, 3.8) is 0 Å². The van der Waals surface area contributed by atoms with E-state index in [1.54, 1.807) is 0 Å². The molecule has 2 aromatic rings. The van der Waals surface area contributed by atoms with E-state index >= 15 is 0 Å². The quantitative estimate of drug-likeness (QED) is 0.786. The highest BCUT2D eigenvalue weighted by atomic mass is 32.1. The third-order valence-corrected chi connectivity index (χ3v) is 2.38. The minimum Gasteiger partial charge on any atom is -0.344 e. The summed E-state index contributed by atoms with van der Waals surface area (Å²) < 4.78 is 38.6. The Kier molecular flexibility index (Phi) is 2.97. The van der Waals surface area contributed by atoms with Gasteiger partial charge in [0.1, 0.15) is 4.64 Å². The van der Waals surface area contributed by atoms with Crippen molar-refractivity contribution in [2.24, 2.45) is 0 Å². The average Bonchev–Trinajstić information content (AvgIpc) is 2.28. The molecular formula is C11H7F3N2S. The largest absolute Gasteiger partial charge is 0.417 e. The topological polar surface area (TPSA) is 28.7 Å². The molecule has 0 unspecified atom stereocenters. The number of nitrogens with zero attached hydrogens (tertiary/aromatic N) is 1. The molecular weight excluding hydrogens is 249 g/mol.